The van der Waals surface area contributed by atoms with Gasteiger partial charge in [0, 0.05) is 0 Å². The summed E-state index contributed by atoms with van der Waals surface area (Å²) in [7, 11) is 1.47. The molecular formula is C17H23N3O2. The number of hydrogen-bond acceptors (Lipinski definition) is 4. The molecule has 3 rings (SSSR count). The number of benzene rings is 1. The van der Waals surface area contributed by atoms with Crippen LogP contribution in [0.4, 0.5) is 0 Å². The molecule has 2 heterocycles. The summed E-state index contributed by atoms with van der Waals surface area (Å²) >= 11 is 0. The van der Waals surface area contributed by atoms with Gasteiger partial charge >= 0.3 is 5.97 Å². The van der Waals surface area contributed by atoms with E-state index in [1.165, 1.54) is 12.7 Å². The molecule has 0 amide bonds. The van der Waals surface area contributed by atoms with E-state index >= 15 is 0 Å². The van der Waals surface area contributed by atoms with E-state index in [2.05, 4.69) is 40.0 Å². The number of ether oxygens (including phenoxy) is 1. The molecule has 1 saturated heterocycles. The predicted octanol–water partition coefficient (Wildman–Crippen LogP) is 2.51. The van der Waals surface area contributed by atoms with Gasteiger partial charge in [0.25, 0.3) is 0 Å². The molecule has 5 nitrogen and oxygen atoms in total. The van der Waals surface area contributed by atoms with Crippen molar-refractivity contribution in [2.45, 2.75) is 32.7 Å². The first-order valence-electron chi connectivity index (χ1n) is 7.97. The Hall–Kier alpha value is -1.88. The number of esters is 1. The lowest BCUT2D eigenvalue weighted by Crippen LogP contribution is -2.36. The summed E-state index contributed by atoms with van der Waals surface area (Å²) in [6, 6.07) is 6.39. The second-order valence-electron chi connectivity index (χ2n) is 5.96. The molecule has 5 heteroatoms. The van der Waals surface area contributed by atoms with E-state index in [1.807, 2.05) is 0 Å². The van der Waals surface area contributed by atoms with Crippen molar-refractivity contribution in [1.82, 2.24) is 14.9 Å². The van der Waals surface area contributed by atoms with Gasteiger partial charge in [-0.2, -0.15) is 0 Å². The van der Waals surface area contributed by atoms with E-state index in [-0.39, 0.29) is 11.9 Å². The van der Waals surface area contributed by atoms with Gasteiger partial charge in [0.1, 0.15) is 5.82 Å². The number of carbonyl (C=O) groups excluding carboxylic acids is 1. The highest BCUT2D eigenvalue weighted by atomic mass is 16.5. The van der Waals surface area contributed by atoms with Crippen molar-refractivity contribution in [3.05, 3.63) is 29.6 Å². The molecular weight excluding hydrogens is 278 g/mol. The fourth-order valence-corrected chi connectivity index (χ4v) is 3.11. The van der Waals surface area contributed by atoms with Crippen molar-refractivity contribution in [3.8, 4) is 0 Å². The molecule has 0 saturated carbocycles. The van der Waals surface area contributed by atoms with Gasteiger partial charge in [0.15, 0.2) is 0 Å². The number of hydrogen-bond donors (Lipinski definition) is 1. The van der Waals surface area contributed by atoms with Gasteiger partial charge in [-0.3, -0.25) is 9.69 Å². The number of likely N-dealkylation sites (tertiary alicyclic amines) is 1. The van der Waals surface area contributed by atoms with Crippen LogP contribution < -0.4 is 0 Å². The summed E-state index contributed by atoms with van der Waals surface area (Å²) < 4.78 is 4.83. The first-order chi connectivity index (χ1) is 10.7. The maximum atomic E-state index is 11.6. The van der Waals surface area contributed by atoms with Gasteiger partial charge in [-0.05, 0) is 50.0 Å². The normalized spacial score (nSPS) is 17.0. The van der Waals surface area contributed by atoms with Crippen molar-refractivity contribution < 1.29 is 9.53 Å². The number of fused-ring (bicyclic) bond motifs is 1. The summed E-state index contributed by atoms with van der Waals surface area (Å²) in [5.74, 6) is 0.985. The third-order valence-electron chi connectivity index (χ3n) is 4.50. The molecule has 0 bridgehead atoms. The molecule has 0 radical (unpaired) electrons. The summed E-state index contributed by atoms with van der Waals surface area (Å²) in [6.07, 6.45) is 2.77. The van der Waals surface area contributed by atoms with E-state index < -0.39 is 0 Å². The molecule has 1 aromatic carbocycles. The highest BCUT2D eigenvalue weighted by Crippen LogP contribution is 2.21. The number of nitrogens with zero attached hydrogens (tertiary/aromatic N) is 2. The summed E-state index contributed by atoms with van der Waals surface area (Å²) in [5, 5.41) is 0. The number of nitrogens with one attached hydrogen (secondary N) is 1. The van der Waals surface area contributed by atoms with Crippen LogP contribution in [0.15, 0.2) is 18.2 Å². The Morgan fingerprint density at radius 1 is 1.41 bits per heavy atom. The average Bonchev–Trinajstić information content (AvgIpc) is 2.95. The average molecular weight is 301 g/mol. The SMILES string of the molecule is CCc1ccc2nc(CN3CCC(C(=O)OC)CC3)[nH]c2c1. The molecule has 0 spiro atoms. The van der Waals surface area contributed by atoms with Gasteiger partial charge < -0.3 is 9.72 Å². The smallest absolute Gasteiger partial charge is 0.308 e. The topological polar surface area (TPSA) is 58.2 Å². The number of piperidine rings is 1. The summed E-state index contributed by atoms with van der Waals surface area (Å²) in [6.45, 7) is 4.79. The van der Waals surface area contributed by atoms with E-state index in [1.54, 1.807) is 0 Å². The minimum atomic E-state index is -0.0736. The van der Waals surface area contributed by atoms with Crippen molar-refractivity contribution in [3.63, 3.8) is 0 Å². The number of aryl methyl sites for hydroxylation is 1. The first kappa shape index (κ1) is 15.0. The van der Waals surface area contributed by atoms with Crippen LogP contribution >= 0.6 is 0 Å². The number of aromatic nitrogens is 2. The van der Waals surface area contributed by atoms with E-state index in [0.29, 0.717) is 0 Å². The van der Waals surface area contributed by atoms with Crippen LogP contribution in [0.5, 0.6) is 0 Å². The number of H-pyrrole nitrogens is 1. The molecule has 2 aromatic rings. The zero-order valence-corrected chi connectivity index (χ0v) is 13.3. The first-order valence-corrected chi connectivity index (χ1v) is 7.97. The Labute approximate surface area is 130 Å². The second kappa shape index (κ2) is 6.48. The van der Waals surface area contributed by atoms with Crippen molar-refractivity contribution in [1.29, 1.82) is 0 Å². The molecule has 0 unspecified atom stereocenters. The van der Waals surface area contributed by atoms with Crippen molar-refractivity contribution >= 4 is 17.0 Å². The van der Waals surface area contributed by atoms with Gasteiger partial charge in [-0.1, -0.05) is 13.0 Å². The molecule has 0 atom stereocenters. The van der Waals surface area contributed by atoms with Crippen molar-refractivity contribution in [2.24, 2.45) is 5.92 Å². The Morgan fingerprint density at radius 3 is 2.86 bits per heavy atom. The number of aromatic amines is 1. The van der Waals surface area contributed by atoms with Gasteiger partial charge in [0.05, 0.1) is 30.6 Å². The Morgan fingerprint density at radius 2 is 2.18 bits per heavy atom. The Bertz CT molecular complexity index is 657. The maximum Gasteiger partial charge on any atom is 0.308 e. The molecule has 1 aliphatic heterocycles. The molecule has 118 valence electrons. The monoisotopic (exact) mass is 301 g/mol. The highest BCUT2D eigenvalue weighted by Gasteiger charge is 2.25. The zero-order valence-electron chi connectivity index (χ0n) is 13.3. The van der Waals surface area contributed by atoms with Gasteiger partial charge in [0.2, 0.25) is 0 Å². The minimum Gasteiger partial charge on any atom is -0.469 e. The largest absolute Gasteiger partial charge is 0.469 e. The van der Waals surface area contributed by atoms with Crippen LogP contribution in [0.25, 0.3) is 11.0 Å². The lowest BCUT2D eigenvalue weighted by Gasteiger charge is -2.29. The van der Waals surface area contributed by atoms with Crippen LogP contribution in [0, 0.1) is 5.92 Å². The van der Waals surface area contributed by atoms with E-state index in [9.17, 15) is 4.79 Å². The highest BCUT2D eigenvalue weighted by molar-refractivity contribution is 5.75. The third kappa shape index (κ3) is 3.14. The van der Waals surface area contributed by atoms with Crippen LogP contribution in [0.2, 0.25) is 0 Å². The summed E-state index contributed by atoms with van der Waals surface area (Å²) in [4.78, 5) is 22.0. The molecule has 1 fully saturated rings. The van der Waals surface area contributed by atoms with Crippen molar-refractivity contribution in [2.75, 3.05) is 20.2 Å². The predicted molar refractivity (Wildman–Crippen MR) is 85.5 cm³/mol. The van der Waals surface area contributed by atoms with Crippen LogP contribution in [-0.2, 0) is 22.5 Å². The fraction of sp³-hybridized carbons (Fsp3) is 0.529. The minimum absolute atomic E-state index is 0.0593. The van der Waals surface area contributed by atoms with Crippen LogP contribution in [0.1, 0.15) is 31.2 Å². The lowest BCUT2D eigenvalue weighted by molar-refractivity contribution is -0.147. The number of carbonyl (C=O) groups is 1. The Kier molecular flexibility index (Phi) is 4.43. The zero-order chi connectivity index (χ0) is 15.5. The van der Waals surface area contributed by atoms with E-state index in [0.717, 1.165) is 55.8 Å². The van der Waals surface area contributed by atoms with Crippen LogP contribution in [-0.4, -0.2) is 41.0 Å². The number of imidazole rings is 1. The second-order valence-corrected chi connectivity index (χ2v) is 5.96. The van der Waals surface area contributed by atoms with E-state index in [4.69, 9.17) is 4.74 Å². The number of rotatable bonds is 4. The molecule has 22 heavy (non-hydrogen) atoms. The lowest BCUT2D eigenvalue weighted by atomic mass is 9.97. The molecule has 1 aromatic heterocycles. The molecule has 0 aliphatic carbocycles. The van der Waals surface area contributed by atoms with Crippen LogP contribution in [0.3, 0.4) is 0 Å². The Balaban J connectivity index is 1.63. The standard InChI is InChI=1S/C17H23N3O2/c1-3-12-4-5-14-15(10-12)19-16(18-14)11-20-8-6-13(7-9-20)17(21)22-2/h4-5,10,13H,3,6-9,11H2,1-2H3,(H,18,19). The fourth-order valence-electron chi connectivity index (χ4n) is 3.11. The summed E-state index contributed by atoms with van der Waals surface area (Å²) in [5.41, 5.74) is 3.46. The third-order valence-corrected chi connectivity index (χ3v) is 4.50. The number of methoxy groups -OCH3 is 1. The molecule has 1 N–H and O–H groups in total. The van der Waals surface area contributed by atoms with Gasteiger partial charge in [-0.25, -0.2) is 4.98 Å². The maximum absolute atomic E-state index is 11.6. The molecule has 1 aliphatic rings. The van der Waals surface area contributed by atoms with Gasteiger partial charge in [-0.15, -0.1) is 0 Å². The quantitative estimate of drug-likeness (QED) is 0.882.